The van der Waals surface area contributed by atoms with E-state index in [0.29, 0.717) is 24.6 Å². The van der Waals surface area contributed by atoms with Gasteiger partial charge in [-0.1, -0.05) is 13.8 Å². The van der Waals surface area contributed by atoms with Crippen molar-refractivity contribution in [1.82, 2.24) is 9.80 Å². The fourth-order valence-electron chi connectivity index (χ4n) is 2.55. The predicted molar refractivity (Wildman–Crippen MR) is 64.0 cm³/mol. The molecule has 0 aliphatic carbocycles. The Morgan fingerprint density at radius 1 is 1.40 bits per heavy atom. The van der Waals surface area contributed by atoms with E-state index < -0.39 is 0 Å². The summed E-state index contributed by atoms with van der Waals surface area (Å²) < 4.78 is 0. The predicted octanol–water partition coefficient (Wildman–Crippen LogP) is 1.03. The summed E-state index contributed by atoms with van der Waals surface area (Å²) in [5.74, 6) is 0.667. The molecule has 1 rings (SSSR count). The van der Waals surface area contributed by atoms with E-state index in [1.54, 1.807) is 0 Å². The molecule has 0 amide bonds. The van der Waals surface area contributed by atoms with E-state index in [1.807, 2.05) is 0 Å². The van der Waals surface area contributed by atoms with Crippen LogP contribution in [0.5, 0.6) is 0 Å². The van der Waals surface area contributed by atoms with Crippen molar-refractivity contribution in [3.63, 3.8) is 0 Å². The number of hydrogen-bond acceptors (Lipinski definition) is 3. The number of rotatable bonds is 5. The molecule has 1 heterocycles. The van der Waals surface area contributed by atoms with E-state index in [4.69, 9.17) is 0 Å². The zero-order chi connectivity index (χ0) is 11.4. The summed E-state index contributed by atoms with van der Waals surface area (Å²) in [6.07, 6.45) is 2.40. The van der Waals surface area contributed by atoms with Gasteiger partial charge >= 0.3 is 0 Å². The number of likely N-dealkylation sites (N-methyl/N-ethyl adjacent to an activating group) is 1. The van der Waals surface area contributed by atoms with Crippen LogP contribution in [-0.2, 0) is 0 Å². The van der Waals surface area contributed by atoms with Crippen LogP contribution in [0, 0.1) is 5.92 Å². The molecule has 0 aromatic rings. The Morgan fingerprint density at radius 2 is 2.07 bits per heavy atom. The minimum absolute atomic E-state index is 0.318. The first kappa shape index (κ1) is 12.9. The van der Waals surface area contributed by atoms with Crippen LogP contribution in [0.1, 0.15) is 26.7 Å². The van der Waals surface area contributed by atoms with Gasteiger partial charge in [0.25, 0.3) is 0 Å². The average Bonchev–Trinajstić information content (AvgIpc) is 2.59. The number of aliphatic hydroxyl groups excluding tert-OH is 1. The normalized spacial score (nSPS) is 25.4. The van der Waals surface area contributed by atoms with Crippen molar-refractivity contribution < 1.29 is 5.11 Å². The van der Waals surface area contributed by atoms with E-state index in [0.717, 1.165) is 19.5 Å². The van der Waals surface area contributed by atoms with Gasteiger partial charge in [0.1, 0.15) is 0 Å². The van der Waals surface area contributed by atoms with Crippen LogP contribution in [0.3, 0.4) is 0 Å². The van der Waals surface area contributed by atoms with Gasteiger partial charge in [0.05, 0.1) is 6.61 Å². The van der Waals surface area contributed by atoms with Gasteiger partial charge in [0, 0.05) is 18.6 Å². The van der Waals surface area contributed by atoms with Gasteiger partial charge in [-0.25, -0.2) is 0 Å². The van der Waals surface area contributed by atoms with Gasteiger partial charge in [-0.2, -0.15) is 0 Å². The van der Waals surface area contributed by atoms with Gasteiger partial charge in [-0.05, 0) is 39.4 Å². The molecular formula is C12H26N2O. The summed E-state index contributed by atoms with van der Waals surface area (Å²) in [7, 11) is 4.30. The van der Waals surface area contributed by atoms with E-state index >= 15 is 0 Å². The van der Waals surface area contributed by atoms with Crippen molar-refractivity contribution in [3.05, 3.63) is 0 Å². The van der Waals surface area contributed by atoms with Crippen molar-refractivity contribution in [2.75, 3.05) is 33.8 Å². The topological polar surface area (TPSA) is 26.7 Å². The van der Waals surface area contributed by atoms with Crippen molar-refractivity contribution >= 4 is 0 Å². The third-order valence-corrected chi connectivity index (χ3v) is 3.56. The lowest BCUT2D eigenvalue weighted by atomic mass is 10.0. The molecule has 0 bridgehead atoms. The minimum atomic E-state index is 0.318. The highest BCUT2D eigenvalue weighted by Crippen LogP contribution is 2.19. The lowest BCUT2D eigenvalue weighted by Crippen LogP contribution is -2.46. The van der Waals surface area contributed by atoms with Crippen LogP contribution in [0.25, 0.3) is 0 Å². The maximum Gasteiger partial charge on any atom is 0.0586 e. The van der Waals surface area contributed by atoms with E-state index in [9.17, 15) is 5.11 Å². The quantitative estimate of drug-likeness (QED) is 0.740. The molecule has 0 spiro atoms. The second-order valence-corrected chi connectivity index (χ2v) is 5.25. The number of aliphatic hydroxyl groups is 1. The smallest absolute Gasteiger partial charge is 0.0586 e. The van der Waals surface area contributed by atoms with Crippen LogP contribution in [-0.4, -0.2) is 60.8 Å². The van der Waals surface area contributed by atoms with Crippen molar-refractivity contribution in [1.29, 1.82) is 0 Å². The molecule has 1 aliphatic heterocycles. The first-order valence-corrected chi connectivity index (χ1v) is 6.07. The molecular weight excluding hydrogens is 188 g/mol. The summed E-state index contributed by atoms with van der Waals surface area (Å²) in [6.45, 7) is 7.11. The van der Waals surface area contributed by atoms with E-state index in [-0.39, 0.29) is 0 Å². The minimum Gasteiger partial charge on any atom is -0.395 e. The monoisotopic (exact) mass is 214 g/mol. The van der Waals surface area contributed by atoms with Gasteiger partial charge < -0.3 is 10.0 Å². The third kappa shape index (κ3) is 3.44. The molecule has 0 aromatic carbocycles. The van der Waals surface area contributed by atoms with Gasteiger partial charge in [-0.15, -0.1) is 0 Å². The van der Waals surface area contributed by atoms with Crippen molar-refractivity contribution in [2.24, 2.45) is 5.92 Å². The van der Waals surface area contributed by atoms with Crippen molar-refractivity contribution in [2.45, 2.75) is 38.8 Å². The Morgan fingerprint density at radius 3 is 2.53 bits per heavy atom. The maximum absolute atomic E-state index is 9.27. The zero-order valence-electron chi connectivity index (χ0n) is 10.6. The second-order valence-electron chi connectivity index (χ2n) is 5.25. The molecule has 90 valence electrons. The molecule has 15 heavy (non-hydrogen) atoms. The molecule has 1 saturated heterocycles. The molecule has 0 radical (unpaired) electrons. The molecule has 3 nitrogen and oxygen atoms in total. The molecule has 1 fully saturated rings. The SMILES string of the molecule is CC(C)[C@@H](CN1CCC[C@@H]1CO)N(C)C. The number of likely N-dealkylation sites (tertiary alicyclic amines) is 1. The lowest BCUT2D eigenvalue weighted by molar-refractivity contribution is 0.108. The zero-order valence-corrected chi connectivity index (χ0v) is 10.6. The van der Waals surface area contributed by atoms with E-state index in [2.05, 4.69) is 37.7 Å². The third-order valence-electron chi connectivity index (χ3n) is 3.56. The summed E-state index contributed by atoms with van der Waals surface area (Å²) in [6, 6.07) is 1.00. The Balaban J connectivity index is 2.50. The maximum atomic E-state index is 9.27. The number of hydrogen-bond donors (Lipinski definition) is 1. The molecule has 2 atom stereocenters. The molecule has 0 aromatic heterocycles. The number of nitrogens with zero attached hydrogens (tertiary/aromatic N) is 2. The first-order valence-electron chi connectivity index (χ1n) is 6.07. The highest BCUT2D eigenvalue weighted by atomic mass is 16.3. The van der Waals surface area contributed by atoms with Crippen LogP contribution >= 0.6 is 0 Å². The van der Waals surface area contributed by atoms with Crippen LogP contribution in [0.15, 0.2) is 0 Å². The molecule has 1 aliphatic rings. The average molecular weight is 214 g/mol. The molecule has 1 N–H and O–H groups in total. The van der Waals surface area contributed by atoms with Crippen LogP contribution < -0.4 is 0 Å². The van der Waals surface area contributed by atoms with Crippen LogP contribution in [0.4, 0.5) is 0 Å². The molecule has 3 heteroatoms. The van der Waals surface area contributed by atoms with Crippen molar-refractivity contribution in [3.8, 4) is 0 Å². The van der Waals surface area contributed by atoms with E-state index in [1.165, 1.54) is 6.42 Å². The van der Waals surface area contributed by atoms with Gasteiger partial charge in [0.15, 0.2) is 0 Å². The molecule has 0 unspecified atom stereocenters. The summed E-state index contributed by atoms with van der Waals surface area (Å²) in [5, 5.41) is 9.27. The fraction of sp³-hybridized carbons (Fsp3) is 1.00. The standard InChI is InChI=1S/C12H26N2O/c1-10(2)12(13(3)4)8-14-7-5-6-11(14)9-15/h10-12,15H,5-9H2,1-4H3/t11-,12-/m1/s1. The second kappa shape index (κ2) is 5.83. The molecule has 0 saturated carbocycles. The van der Waals surface area contributed by atoms with Gasteiger partial charge in [0.2, 0.25) is 0 Å². The fourth-order valence-corrected chi connectivity index (χ4v) is 2.55. The summed E-state index contributed by atoms with van der Waals surface area (Å²) in [4.78, 5) is 4.75. The Hall–Kier alpha value is -0.120. The largest absolute Gasteiger partial charge is 0.395 e. The first-order chi connectivity index (χ1) is 7.06. The lowest BCUT2D eigenvalue weighted by Gasteiger charge is -2.34. The Kier molecular flexibility index (Phi) is 5.03. The Bertz CT molecular complexity index is 174. The Labute approximate surface area is 94.1 Å². The van der Waals surface area contributed by atoms with Gasteiger partial charge in [-0.3, -0.25) is 4.90 Å². The summed E-state index contributed by atoms with van der Waals surface area (Å²) >= 11 is 0. The summed E-state index contributed by atoms with van der Waals surface area (Å²) in [5.41, 5.74) is 0. The highest BCUT2D eigenvalue weighted by molar-refractivity contribution is 4.83. The van der Waals surface area contributed by atoms with Crippen LogP contribution in [0.2, 0.25) is 0 Å². The highest BCUT2D eigenvalue weighted by Gasteiger charge is 2.27.